The van der Waals surface area contributed by atoms with Crippen molar-refractivity contribution in [2.45, 2.75) is 0 Å². The van der Waals surface area contributed by atoms with Gasteiger partial charge in [0.1, 0.15) is 5.69 Å². The lowest BCUT2D eigenvalue weighted by Crippen LogP contribution is -2.24. The minimum absolute atomic E-state index is 0.185. The molecule has 0 saturated carbocycles. The van der Waals surface area contributed by atoms with E-state index >= 15 is 0 Å². The van der Waals surface area contributed by atoms with E-state index in [1.807, 2.05) is 12.1 Å². The molecule has 0 spiro atoms. The van der Waals surface area contributed by atoms with Crippen LogP contribution in [0, 0.1) is 5.41 Å². The monoisotopic (exact) mass is 379 g/mol. The number of rotatable bonds is 3. The zero-order valence-corrected chi connectivity index (χ0v) is 14.8. The Morgan fingerprint density at radius 1 is 1.00 bits per heavy atom. The highest BCUT2D eigenvalue weighted by molar-refractivity contribution is 6.36. The molecule has 3 rings (SSSR count). The lowest BCUT2D eigenvalue weighted by atomic mass is 10.1. The van der Waals surface area contributed by atoms with Crippen molar-refractivity contribution in [2.75, 3.05) is 5.32 Å². The van der Waals surface area contributed by atoms with Gasteiger partial charge in [-0.2, -0.15) is 0 Å². The number of aromatic nitrogens is 3. The quantitative estimate of drug-likeness (QED) is 0.694. The number of hydrogen-bond donors (Lipinski definition) is 2. The van der Waals surface area contributed by atoms with Crippen molar-refractivity contribution in [1.29, 1.82) is 5.41 Å². The van der Waals surface area contributed by atoms with Gasteiger partial charge in [-0.25, -0.2) is 9.67 Å². The lowest BCUT2D eigenvalue weighted by molar-refractivity contribution is 0.674. The van der Waals surface area contributed by atoms with E-state index in [1.165, 1.54) is 4.68 Å². The molecule has 0 bridgehead atoms. The number of nitrogens with one attached hydrogen (secondary N) is 2. The maximum atomic E-state index is 8.17. The molecular formula is C16H12Cl3N5. The van der Waals surface area contributed by atoms with Crippen molar-refractivity contribution in [3.05, 3.63) is 63.0 Å². The first kappa shape index (κ1) is 16.8. The fraction of sp³-hybridized carbons (Fsp3) is 0.0625. The maximum absolute atomic E-state index is 8.17. The molecule has 1 heterocycles. The van der Waals surface area contributed by atoms with Gasteiger partial charge in [-0.15, -0.1) is 5.10 Å². The molecule has 0 fully saturated rings. The minimum Gasteiger partial charge on any atom is -0.322 e. The molecule has 0 aliphatic heterocycles. The highest BCUT2D eigenvalue weighted by atomic mass is 35.5. The molecule has 3 aromatic rings. The molecule has 8 heteroatoms. The molecule has 1 aromatic heterocycles. The molecule has 0 aliphatic rings. The van der Waals surface area contributed by atoms with E-state index in [0.29, 0.717) is 32.4 Å². The predicted octanol–water partition coefficient (Wildman–Crippen LogP) is 4.67. The molecule has 0 unspecified atom stereocenters. The summed E-state index contributed by atoms with van der Waals surface area (Å²) in [5.41, 5.74) is 2.07. The molecular weight excluding hydrogens is 369 g/mol. The summed E-state index contributed by atoms with van der Waals surface area (Å²) in [5, 5.41) is 17.1. The van der Waals surface area contributed by atoms with Gasteiger partial charge in [0.05, 0.1) is 10.7 Å². The SMILES string of the molecule is Cn1nc(Nc2ccc(Cl)cc2Cl)nc(-c2ccc(Cl)cc2)c1=N. The highest BCUT2D eigenvalue weighted by Crippen LogP contribution is 2.27. The van der Waals surface area contributed by atoms with Crippen molar-refractivity contribution in [2.24, 2.45) is 7.05 Å². The van der Waals surface area contributed by atoms with Crippen LogP contribution in [0.1, 0.15) is 0 Å². The van der Waals surface area contributed by atoms with E-state index in [-0.39, 0.29) is 5.49 Å². The third-order valence-electron chi connectivity index (χ3n) is 3.31. The molecule has 2 N–H and O–H groups in total. The molecule has 0 aliphatic carbocycles. The zero-order valence-electron chi connectivity index (χ0n) is 12.5. The Hall–Kier alpha value is -2.08. The first-order chi connectivity index (χ1) is 11.4. The Morgan fingerprint density at radius 2 is 1.67 bits per heavy atom. The Kier molecular flexibility index (Phi) is 4.76. The Labute approximate surface area is 153 Å². The van der Waals surface area contributed by atoms with Crippen LogP contribution in [0.25, 0.3) is 11.3 Å². The number of anilines is 2. The topological polar surface area (TPSA) is 66.6 Å². The normalized spacial score (nSPS) is 10.7. The Bertz CT molecular complexity index is 951. The third kappa shape index (κ3) is 3.53. The fourth-order valence-electron chi connectivity index (χ4n) is 2.10. The second-order valence-electron chi connectivity index (χ2n) is 5.01. The van der Waals surface area contributed by atoms with Crippen molar-refractivity contribution < 1.29 is 0 Å². The standard InChI is InChI=1S/C16H12Cl3N5/c1-24-15(20)14(9-2-4-10(17)5-3-9)22-16(23-24)21-13-7-6-11(18)8-12(13)19/h2-8,20H,1H3,(H,21,23). The van der Waals surface area contributed by atoms with Gasteiger partial charge in [-0.1, -0.05) is 46.9 Å². The van der Waals surface area contributed by atoms with E-state index in [9.17, 15) is 0 Å². The smallest absolute Gasteiger partial charge is 0.245 e. The second-order valence-corrected chi connectivity index (χ2v) is 6.29. The van der Waals surface area contributed by atoms with E-state index in [4.69, 9.17) is 40.2 Å². The summed E-state index contributed by atoms with van der Waals surface area (Å²) in [6.07, 6.45) is 0. The van der Waals surface area contributed by atoms with Crippen LogP contribution >= 0.6 is 34.8 Å². The van der Waals surface area contributed by atoms with Crippen LogP contribution in [-0.4, -0.2) is 14.8 Å². The predicted molar refractivity (Wildman–Crippen MR) is 97.0 cm³/mol. The van der Waals surface area contributed by atoms with Crippen molar-refractivity contribution in [1.82, 2.24) is 14.8 Å². The van der Waals surface area contributed by atoms with Gasteiger partial charge in [-0.3, -0.25) is 5.41 Å². The summed E-state index contributed by atoms with van der Waals surface area (Å²) in [4.78, 5) is 4.43. The average Bonchev–Trinajstić information content (AvgIpc) is 2.54. The zero-order chi connectivity index (χ0) is 17.3. The fourth-order valence-corrected chi connectivity index (χ4v) is 2.68. The molecule has 2 aromatic carbocycles. The van der Waals surface area contributed by atoms with Crippen molar-refractivity contribution in [3.8, 4) is 11.3 Å². The maximum Gasteiger partial charge on any atom is 0.245 e. The van der Waals surface area contributed by atoms with Gasteiger partial charge in [0.15, 0.2) is 5.49 Å². The summed E-state index contributed by atoms with van der Waals surface area (Å²) in [5.74, 6) is 0.322. The first-order valence-electron chi connectivity index (χ1n) is 6.92. The van der Waals surface area contributed by atoms with Gasteiger partial charge in [0.2, 0.25) is 5.95 Å². The molecule has 0 atom stereocenters. The number of aryl methyl sites for hydroxylation is 1. The highest BCUT2D eigenvalue weighted by Gasteiger charge is 2.10. The minimum atomic E-state index is 0.185. The lowest BCUT2D eigenvalue weighted by Gasteiger charge is -2.11. The number of nitrogens with zero attached hydrogens (tertiary/aromatic N) is 3. The van der Waals surface area contributed by atoms with Crippen molar-refractivity contribution >= 4 is 46.4 Å². The van der Waals surface area contributed by atoms with Gasteiger partial charge in [-0.05, 0) is 30.3 Å². The van der Waals surface area contributed by atoms with Crippen molar-refractivity contribution in [3.63, 3.8) is 0 Å². The number of benzene rings is 2. The van der Waals surface area contributed by atoms with E-state index in [1.54, 1.807) is 37.4 Å². The van der Waals surface area contributed by atoms with Crippen LogP contribution in [0.4, 0.5) is 11.6 Å². The average molecular weight is 381 g/mol. The molecule has 122 valence electrons. The Morgan fingerprint density at radius 3 is 2.33 bits per heavy atom. The van der Waals surface area contributed by atoms with E-state index in [0.717, 1.165) is 5.56 Å². The number of hydrogen-bond acceptors (Lipinski definition) is 4. The number of halogens is 3. The summed E-state index contributed by atoms with van der Waals surface area (Å²) in [6.45, 7) is 0. The van der Waals surface area contributed by atoms with Crippen LogP contribution < -0.4 is 10.8 Å². The summed E-state index contributed by atoms with van der Waals surface area (Å²) >= 11 is 18.0. The molecule has 0 saturated heterocycles. The van der Waals surface area contributed by atoms with E-state index < -0.39 is 0 Å². The summed E-state index contributed by atoms with van der Waals surface area (Å²) in [6, 6.07) is 12.2. The summed E-state index contributed by atoms with van der Waals surface area (Å²) < 4.78 is 1.43. The van der Waals surface area contributed by atoms with Crippen LogP contribution in [-0.2, 0) is 7.05 Å². The first-order valence-corrected chi connectivity index (χ1v) is 8.05. The molecule has 0 amide bonds. The Balaban J connectivity index is 2.04. The van der Waals surface area contributed by atoms with Crippen LogP contribution in [0.3, 0.4) is 0 Å². The van der Waals surface area contributed by atoms with Gasteiger partial charge >= 0.3 is 0 Å². The second kappa shape index (κ2) is 6.81. The third-order valence-corrected chi connectivity index (χ3v) is 4.11. The molecule has 24 heavy (non-hydrogen) atoms. The molecule has 5 nitrogen and oxygen atoms in total. The van der Waals surface area contributed by atoms with Crippen LogP contribution in [0.15, 0.2) is 42.5 Å². The van der Waals surface area contributed by atoms with Crippen LogP contribution in [0.5, 0.6) is 0 Å². The summed E-state index contributed by atoms with van der Waals surface area (Å²) in [7, 11) is 1.68. The van der Waals surface area contributed by atoms with Gasteiger partial charge in [0.25, 0.3) is 0 Å². The van der Waals surface area contributed by atoms with Crippen LogP contribution in [0.2, 0.25) is 15.1 Å². The van der Waals surface area contributed by atoms with E-state index in [2.05, 4.69) is 15.4 Å². The molecule has 0 radical (unpaired) electrons. The van der Waals surface area contributed by atoms with Gasteiger partial charge < -0.3 is 5.32 Å². The largest absolute Gasteiger partial charge is 0.322 e. The van der Waals surface area contributed by atoms with Gasteiger partial charge in [0, 0.05) is 22.7 Å².